The molecule has 20 heavy (non-hydrogen) atoms. The lowest BCUT2D eigenvalue weighted by Crippen LogP contribution is -2.43. The summed E-state index contributed by atoms with van der Waals surface area (Å²) in [5.41, 5.74) is -0.298. The molecule has 0 bridgehead atoms. The van der Waals surface area contributed by atoms with Gasteiger partial charge in [-0.25, -0.2) is 14.0 Å². The summed E-state index contributed by atoms with van der Waals surface area (Å²) in [7, 11) is 1.33. The Bertz CT molecular complexity index is 550. The molecule has 1 aromatic carbocycles. The summed E-state index contributed by atoms with van der Waals surface area (Å²) in [4.78, 5) is 34.1. The van der Waals surface area contributed by atoms with Gasteiger partial charge >= 0.3 is 12.0 Å². The maximum atomic E-state index is 13.5. The summed E-state index contributed by atoms with van der Waals surface area (Å²) in [5.74, 6) is -2.58. The van der Waals surface area contributed by atoms with Crippen LogP contribution in [-0.4, -0.2) is 31.1 Å². The van der Waals surface area contributed by atoms with Gasteiger partial charge in [0.15, 0.2) is 6.10 Å². The van der Waals surface area contributed by atoms with Gasteiger partial charge in [-0.15, -0.1) is 0 Å². The highest BCUT2D eigenvalue weighted by Gasteiger charge is 2.22. The first kappa shape index (κ1) is 16.1. The van der Waals surface area contributed by atoms with Crippen LogP contribution in [0.2, 0.25) is 0 Å². The molecule has 0 unspecified atom stereocenters. The SMILES string of the molecule is CNC(=O)NC(=O)[C@@H](C)OC(=O)c1ccc(Br)cc1F. The molecule has 2 N–H and O–H groups in total. The minimum Gasteiger partial charge on any atom is -0.449 e. The maximum absolute atomic E-state index is 13.5. The number of carbonyl (C=O) groups is 3. The third-order valence-electron chi connectivity index (χ3n) is 2.27. The van der Waals surface area contributed by atoms with E-state index in [0.29, 0.717) is 4.47 Å². The molecule has 0 saturated carbocycles. The van der Waals surface area contributed by atoms with Gasteiger partial charge in [0, 0.05) is 11.5 Å². The van der Waals surface area contributed by atoms with Crippen LogP contribution in [-0.2, 0) is 9.53 Å². The van der Waals surface area contributed by atoms with Crippen LogP contribution in [0, 0.1) is 5.82 Å². The summed E-state index contributed by atoms with van der Waals surface area (Å²) in [6, 6.07) is 3.07. The molecule has 1 atom stereocenters. The van der Waals surface area contributed by atoms with Crippen molar-refractivity contribution < 1.29 is 23.5 Å². The number of benzene rings is 1. The second-order valence-electron chi connectivity index (χ2n) is 3.74. The zero-order chi connectivity index (χ0) is 15.3. The Morgan fingerprint density at radius 1 is 1.35 bits per heavy atom. The number of hydrogen-bond acceptors (Lipinski definition) is 4. The number of urea groups is 1. The largest absolute Gasteiger partial charge is 0.449 e. The molecule has 1 aromatic rings. The Morgan fingerprint density at radius 3 is 2.55 bits per heavy atom. The van der Waals surface area contributed by atoms with E-state index in [1.165, 1.54) is 26.1 Å². The molecule has 0 fully saturated rings. The van der Waals surface area contributed by atoms with E-state index in [-0.39, 0.29) is 5.56 Å². The van der Waals surface area contributed by atoms with Crippen molar-refractivity contribution in [3.8, 4) is 0 Å². The predicted octanol–water partition coefficient (Wildman–Crippen LogP) is 1.59. The van der Waals surface area contributed by atoms with Gasteiger partial charge in [-0.05, 0) is 25.1 Å². The van der Waals surface area contributed by atoms with Crippen molar-refractivity contribution in [2.45, 2.75) is 13.0 Å². The summed E-state index contributed by atoms with van der Waals surface area (Å²) >= 11 is 3.05. The predicted molar refractivity (Wildman–Crippen MR) is 71.6 cm³/mol. The summed E-state index contributed by atoms with van der Waals surface area (Å²) in [5, 5.41) is 4.12. The van der Waals surface area contributed by atoms with Crippen molar-refractivity contribution in [3.05, 3.63) is 34.1 Å². The molecule has 0 aliphatic carbocycles. The number of halogens is 2. The molecule has 3 amide bonds. The van der Waals surface area contributed by atoms with E-state index in [1.807, 2.05) is 5.32 Å². The van der Waals surface area contributed by atoms with Gasteiger partial charge < -0.3 is 10.1 Å². The fourth-order valence-corrected chi connectivity index (χ4v) is 1.54. The van der Waals surface area contributed by atoms with Crippen LogP contribution >= 0.6 is 15.9 Å². The van der Waals surface area contributed by atoms with E-state index >= 15 is 0 Å². The van der Waals surface area contributed by atoms with E-state index in [2.05, 4.69) is 21.2 Å². The van der Waals surface area contributed by atoms with Gasteiger partial charge in [-0.2, -0.15) is 0 Å². The lowest BCUT2D eigenvalue weighted by molar-refractivity contribution is -0.127. The van der Waals surface area contributed by atoms with E-state index in [9.17, 15) is 18.8 Å². The Balaban J connectivity index is 2.70. The van der Waals surface area contributed by atoms with Crippen LogP contribution in [0.5, 0.6) is 0 Å². The zero-order valence-corrected chi connectivity index (χ0v) is 12.3. The second-order valence-corrected chi connectivity index (χ2v) is 4.66. The lowest BCUT2D eigenvalue weighted by Gasteiger charge is -2.13. The molecule has 0 aliphatic heterocycles. The molecule has 1 rings (SSSR count). The quantitative estimate of drug-likeness (QED) is 0.814. The van der Waals surface area contributed by atoms with Crippen LogP contribution in [0.25, 0.3) is 0 Å². The van der Waals surface area contributed by atoms with E-state index in [1.54, 1.807) is 0 Å². The molecule has 0 aliphatic rings. The Hall–Kier alpha value is -1.96. The Kier molecular flexibility index (Phi) is 5.63. The van der Waals surface area contributed by atoms with Crippen LogP contribution < -0.4 is 10.6 Å². The number of ether oxygens (including phenoxy) is 1. The Labute approximate surface area is 122 Å². The molecule has 0 radical (unpaired) electrons. The first-order chi connectivity index (χ1) is 9.35. The molecule has 0 heterocycles. The number of nitrogens with one attached hydrogen (secondary N) is 2. The van der Waals surface area contributed by atoms with Gasteiger partial charge in [0.25, 0.3) is 5.91 Å². The van der Waals surface area contributed by atoms with Crippen molar-refractivity contribution in [1.82, 2.24) is 10.6 Å². The average Bonchev–Trinajstić information content (AvgIpc) is 2.37. The van der Waals surface area contributed by atoms with Crippen LogP contribution in [0.4, 0.5) is 9.18 Å². The number of esters is 1. The molecule has 0 spiro atoms. The van der Waals surface area contributed by atoms with Gasteiger partial charge in [-0.1, -0.05) is 15.9 Å². The highest BCUT2D eigenvalue weighted by molar-refractivity contribution is 9.10. The third-order valence-corrected chi connectivity index (χ3v) is 2.76. The van der Waals surface area contributed by atoms with Gasteiger partial charge in [0.1, 0.15) is 5.82 Å². The fourth-order valence-electron chi connectivity index (χ4n) is 1.21. The monoisotopic (exact) mass is 346 g/mol. The summed E-state index contributed by atoms with van der Waals surface area (Å²) in [6.07, 6.45) is -1.23. The zero-order valence-electron chi connectivity index (χ0n) is 10.7. The lowest BCUT2D eigenvalue weighted by atomic mass is 10.2. The van der Waals surface area contributed by atoms with E-state index in [4.69, 9.17) is 4.74 Å². The third kappa shape index (κ3) is 4.30. The first-order valence-electron chi connectivity index (χ1n) is 5.53. The van der Waals surface area contributed by atoms with Crippen molar-refractivity contribution in [2.24, 2.45) is 0 Å². The topological polar surface area (TPSA) is 84.5 Å². The van der Waals surface area contributed by atoms with Crippen molar-refractivity contribution in [2.75, 3.05) is 7.05 Å². The average molecular weight is 347 g/mol. The molecular weight excluding hydrogens is 335 g/mol. The summed E-state index contributed by atoms with van der Waals surface area (Å²) in [6.45, 7) is 1.27. The van der Waals surface area contributed by atoms with Crippen molar-refractivity contribution in [1.29, 1.82) is 0 Å². The second kappa shape index (κ2) is 6.99. The minimum atomic E-state index is -1.23. The Morgan fingerprint density at radius 2 is 2.00 bits per heavy atom. The van der Waals surface area contributed by atoms with E-state index in [0.717, 1.165) is 6.07 Å². The summed E-state index contributed by atoms with van der Waals surface area (Å²) < 4.78 is 18.8. The molecular formula is C12H12BrFN2O4. The molecule has 0 saturated heterocycles. The highest BCUT2D eigenvalue weighted by atomic mass is 79.9. The highest BCUT2D eigenvalue weighted by Crippen LogP contribution is 2.16. The van der Waals surface area contributed by atoms with Gasteiger partial charge in [-0.3, -0.25) is 10.1 Å². The maximum Gasteiger partial charge on any atom is 0.341 e. The number of imide groups is 1. The van der Waals surface area contributed by atoms with Gasteiger partial charge in [0.2, 0.25) is 0 Å². The smallest absolute Gasteiger partial charge is 0.341 e. The molecule has 8 heteroatoms. The molecule has 108 valence electrons. The van der Waals surface area contributed by atoms with E-state index < -0.39 is 29.8 Å². The number of hydrogen-bond donors (Lipinski definition) is 2. The number of carbonyl (C=O) groups excluding carboxylic acids is 3. The van der Waals surface area contributed by atoms with Crippen LogP contribution in [0.1, 0.15) is 17.3 Å². The molecule has 0 aromatic heterocycles. The van der Waals surface area contributed by atoms with Gasteiger partial charge in [0.05, 0.1) is 5.56 Å². The molecule has 6 nitrogen and oxygen atoms in total. The normalized spacial score (nSPS) is 11.4. The van der Waals surface area contributed by atoms with Crippen molar-refractivity contribution in [3.63, 3.8) is 0 Å². The van der Waals surface area contributed by atoms with Crippen molar-refractivity contribution >= 4 is 33.8 Å². The standard InChI is InChI=1S/C12H12BrFN2O4/c1-6(10(17)16-12(19)15-2)20-11(18)8-4-3-7(13)5-9(8)14/h3-6H,1-2H3,(H2,15,16,17,19)/t6-/m1/s1. The number of rotatable bonds is 3. The first-order valence-corrected chi connectivity index (χ1v) is 6.33. The number of amides is 3. The van der Waals surface area contributed by atoms with Crippen LogP contribution in [0.15, 0.2) is 22.7 Å². The van der Waals surface area contributed by atoms with Crippen LogP contribution in [0.3, 0.4) is 0 Å². The minimum absolute atomic E-state index is 0.298. The fraction of sp³-hybridized carbons (Fsp3) is 0.250.